The third-order valence-electron chi connectivity index (χ3n) is 5.73. The Morgan fingerprint density at radius 3 is 2.71 bits per heavy atom. The molecule has 0 aliphatic carbocycles. The number of pyridine rings is 1. The van der Waals surface area contributed by atoms with Gasteiger partial charge in [0.2, 0.25) is 0 Å². The van der Waals surface area contributed by atoms with Crippen LogP contribution in [-0.2, 0) is 4.74 Å². The molecule has 3 heterocycles. The van der Waals surface area contributed by atoms with Gasteiger partial charge in [-0.15, -0.1) is 5.10 Å². The van der Waals surface area contributed by atoms with Gasteiger partial charge in [0.15, 0.2) is 5.82 Å². The van der Waals surface area contributed by atoms with Crippen molar-refractivity contribution < 1.29 is 17.9 Å². The standard InChI is InChI=1S/C22H24F3N5O/c1-12(16-5-4-6-17(19(16)23)21(24)25)27-22-18-9-14(30-8-7-15(11-30)31-3)10-26-20(18)13(2)28-29-22/h4-6,9-10,12,15,21H,7-8,11H2,1-3H3,(H,27,29)/t12?,15-/m0/s1. The number of methoxy groups -OCH3 is 1. The number of anilines is 2. The Hall–Kier alpha value is -2.94. The van der Waals surface area contributed by atoms with E-state index < -0.39 is 23.8 Å². The highest BCUT2D eigenvalue weighted by molar-refractivity contribution is 5.92. The van der Waals surface area contributed by atoms with Crippen molar-refractivity contribution in [2.45, 2.75) is 38.8 Å². The van der Waals surface area contributed by atoms with E-state index in [0.29, 0.717) is 17.0 Å². The molecule has 0 amide bonds. The summed E-state index contributed by atoms with van der Waals surface area (Å²) in [7, 11) is 1.71. The van der Waals surface area contributed by atoms with Crippen molar-refractivity contribution in [1.29, 1.82) is 0 Å². The lowest BCUT2D eigenvalue weighted by atomic mass is 10.0. The highest BCUT2D eigenvalue weighted by Gasteiger charge is 2.24. The van der Waals surface area contributed by atoms with Crippen LogP contribution in [0, 0.1) is 12.7 Å². The van der Waals surface area contributed by atoms with E-state index in [1.54, 1.807) is 20.2 Å². The van der Waals surface area contributed by atoms with Gasteiger partial charge in [0.05, 0.1) is 40.8 Å². The molecule has 0 radical (unpaired) electrons. The van der Waals surface area contributed by atoms with Crippen LogP contribution in [0.5, 0.6) is 0 Å². The lowest BCUT2D eigenvalue weighted by molar-refractivity contribution is 0.121. The summed E-state index contributed by atoms with van der Waals surface area (Å²) in [5, 5.41) is 12.3. The van der Waals surface area contributed by atoms with E-state index in [0.717, 1.165) is 36.7 Å². The van der Waals surface area contributed by atoms with Gasteiger partial charge < -0.3 is 15.0 Å². The quantitative estimate of drug-likeness (QED) is 0.605. The zero-order valence-electron chi connectivity index (χ0n) is 17.6. The Morgan fingerprint density at radius 2 is 2.00 bits per heavy atom. The zero-order valence-corrected chi connectivity index (χ0v) is 17.6. The number of nitrogens with zero attached hydrogens (tertiary/aromatic N) is 4. The van der Waals surface area contributed by atoms with Crippen LogP contribution in [0.25, 0.3) is 10.9 Å². The first-order valence-electron chi connectivity index (χ1n) is 10.1. The minimum atomic E-state index is -2.88. The second-order valence-corrected chi connectivity index (χ2v) is 7.73. The average molecular weight is 431 g/mol. The summed E-state index contributed by atoms with van der Waals surface area (Å²) in [4.78, 5) is 6.76. The number of alkyl halides is 2. The highest BCUT2D eigenvalue weighted by Crippen LogP contribution is 2.32. The molecule has 0 spiro atoms. The number of rotatable bonds is 6. The van der Waals surface area contributed by atoms with E-state index >= 15 is 0 Å². The fourth-order valence-corrected chi connectivity index (χ4v) is 3.94. The van der Waals surface area contributed by atoms with Crippen molar-refractivity contribution in [2.75, 3.05) is 30.4 Å². The molecule has 2 aromatic heterocycles. The summed E-state index contributed by atoms with van der Waals surface area (Å²) < 4.78 is 46.2. The van der Waals surface area contributed by atoms with Gasteiger partial charge in [0.25, 0.3) is 6.43 Å². The van der Waals surface area contributed by atoms with Crippen LogP contribution in [-0.4, -0.2) is 41.5 Å². The highest BCUT2D eigenvalue weighted by atomic mass is 19.3. The van der Waals surface area contributed by atoms with E-state index in [2.05, 4.69) is 25.4 Å². The molecular formula is C22H24F3N5O. The van der Waals surface area contributed by atoms with E-state index in [1.165, 1.54) is 12.1 Å². The number of aromatic nitrogens is 3. The molecule has 9 heteroatoms. The Kier molecular flexibility index (Phi) is 5.95. The second-order valence-electron chi connectivity index (χ2n) is 7.73. The van der Waals surface area contributed by atoms with Gasteiger partial charge >= 0.3 is 0 Å². The number of nitrogens with one attached hydrogen (secondary N) is 1. The van der Waals surface area contributed by atoms with Crippen LogP contribution >= 0.6 is 0 Å². The summed E-state index contributed by atoms with van der Waals surface area (Å²) in [5.41, 5.74) is 1.80. The number of hydrogen-bond acceptors (Lipinski definition) is 6. The van der Waals surface area contributed by atoms with Gasteiger partial charge in [-0.05, 0) is 26.3 Å². The summed E-state index contributed by atoms with van der Waals surface area (Å²) in [6.07, 6.45) is 0.0314. The van der Waals surface area contributed by atoms with Crippen molar-refractivity contribution >= 4 is 22.4 Å². The number of hydrogen-bond donors (Lipinski definition) is 1. The van der Waals surface area contributed by atoms with E-state index in [4.69, 9.17) is 4.74 Å². The first-order valence-corrected chi connectivity index (χ1v) is 10.1. The summed E-state index contributed by atoms with van der Waals surface area (Å²) in [6.45, 7) is 5.14. The van der Waals surface area contributed by atoms with Crippen LogP contribution in [0.1, 0.15) is 42.6 Å². The fraction of sp³-hybridized carbons (Fsp3) is 0.409. The number of fused-ring (bicyclic) bond motifs is 1. The SMILES string of the molecule is CO[C@H]1CCN(c2cnc3c(C)nnc(NC(C)c4cccc(C(F)F)c4F)c3c2)C1. The second kappa shape index (κ2) is 8.66. The molecule has 2 atom stereocenters. The maximum atomic E-state index is 14.6. The smallest absolute Gasteiger partial charge is 0.266 e. The molecule has 6 nitrogen and oxygen atoms in total. The van der Waals surface area contributed by atoms with Crippen LogP contribution in [0.3, 0.4) is 0 Å². The van der Waals surface area contributed by atoms with Gasteiger partial charge in [0, 0.05) is 31.1 Å². The van der Waals surface area contributed by atoms with Crippen molar-refractivity contribution in [1.82, 2.24) is 15.2 Å². The Balaban J connectivity index is 1.68. The van der Waals surface area contributed by atoms with E-state index in [9.17, 15) is 13.2 Å². The summed E-state index contributed by atoms with van der Waals surface area (Å²) in [5.74, 6) is -0.491. The summed E-state index contributed by atoms with van der Waals surface area (Å²) >= 11 is 0. The third kappa shape index (κ3) is 4.14. The van der Waals surface area contributed by atoms with Gasteiger partial charge in [-0.1, -0.05) is 18.2 Å². The number of aryl methyl sites for hydroxylation is 1. The number of halogens is 3. The molecule has 1 aliphatic rings. The van der Waals surface area contributed by atoms with Gasteiger partial charge in [-0.2, -0.15) is 5.10 Å². The molecule has 3 aromatic rings. The molecule has 0 bridgehead atoms. The Morgan fingerprint density at radius 1 is 1.23 bits per heavy atom. The molecule has 1 fully saturated rings. The predicted octanol–water partition coefficient (Wildman–Crippen LogP) is 4.81. The first kappa shape index (κ1) is 21.3. The maximum absolute atomic E-state index is 14.6. The fourth-order valence-electron chi connectivity index (χ4n) is 3.94. The number of ether oxygens (including phenoxy) is 1. The van der Waals surface area contributed by atoms with Gasteiger partial charge in [-0.3, -0.25) is 4.98 Å². The van der Waals surface area contributed by atoms with Crippen molar-refractivity contribution in [3.63, 3.8) is 0 Å². The van der Waals surface area contributed by atoms with Crippen molar-refractivity contribution in [3.8, 4) is 0 Å². The molecule has 1 aromatic carbocycles. The zero-order chi connectivity index (χ0) is 22.1. The lowest BCUT2D eigenvalue weighted by Crippen LogP contribution is -2.22. The van der Waals surface area contributed by atoms with E-state index in [1.807, 2.05) is 13.0 Å². The largest absolute Gasteiger partial charge is 0.380 e. The van der Waals surface area contributed by atoms with Crippen LogP contribution in [0.4, 0.5) is 24.7 Å². The van der Waals surface area contributed by atoms with Gasteiger partial charge in [0.1, 0.15) is 5.82 Å². The molecule has 1 N–H and O–H groups in total. The maximum Gasteiger partial charge on any atom is 0.266 e. The molecule has 0 saturated carbocycles. The normalized spacial score (nSPS) is 17.5. The molecular weight excluding hydrogens is 407 g/mol. The molecule has 1 unspecified atom stereocenters. The topological polar surface area (TPSA) is 63.2 Å². The third-order valence-corrected chi connectivity index (χ3v) is 5.73. The van der Waals surface area contributed by atoms with Crippen LogP contribution in [0.15, 0.2) is 30.5 Å². The predicted molar refractivity (Wildman–Crippen MR) is 113 cm³/mol. The van der Waals surface area contributed by atoms with Crippen molar-refractivity contribution in [3.05, 3.63) is 53.1 Å². The molecule has 31 heavy (non-hydrogen) atoms. The first-order chi connectivity index (χ1) is 14.9. The van der Waals surface area contributed by atoms with Crippen LogP contribution in [0.2, 0.25) is 0 Å². The average Bonchev–Trinajstić information content (AvgIpc) is 3.25. The monoisotopic (exact) mass is 431 g/mol. The minimum absolute atomic E-state index is 0.139. The molecule has 164 valence electrons. The summed E-state index contributed by atoms with van der Waals surface area (Å²) in [6, 6.07) is 5.38. The van der Waals surface area contributed by atoms with Crippen molar-refractivity contribution in [2.24, 2.45) is 0 Å². The molecule has 1 aliphatic heterocycles. The molecule has 4 rings (SSSR count). The van der Waals surface area contributed by atoms with Crippen LogP contribution < -0.4 is 10.2 Å². The number of benzene rings is 1. The Labute approximate surface area is 178 Å². The molecule has 1 saturated heterocycles. The Bertz CT molecular complexity index is 1090. The lowest BCUT2D eigenvalue weighted by Gasteiger charge is -2.21. The van der Waals surface area contributed by atoms with E-state index in [-0.39, 0.29) is 11.7 Å². The minimum Gasteiger partial charge on any atom is -0.380 e. The van der Waals surface area contributed by atoms with Gasteiger partial charge in [-0.25, -0.2) is 13.2 Å².